The van der Waals surface area contributed by atoms with Crippen LogP contribution in [0.5, 0.6) is 0 Å². The molecule has 124 valence electrons. The molecular formula is C19H15N3O2S. The average molecular weight is 349 g/mol. The Morgan fingerprint density at radius 1 is 1.16 bits per heavy atom. The second-order valence-corrected chi connectivity index (χ2v) is 6.51. The van der Waals surface area contributed by atoms with Gasteiger partial charge < -0.3 is 9.73 Å². The summed E-state index contributed by atoms with van der Waals surface area (Å²) >= 11 is 1.57. The van der Waals surface area contributed by atoms with Crippen LogP contribution in [0.4, 0.5) is 0 Å². The van der Waals surface area contributed by atoms with Gasteiger partial charge in [0, 0.05) is 11.6 Å². The highest BCUT2D eigenvalue weighted by atomic mass is 32.1. The number of pyridine rings is 1. The summed E-state index contributed by atoms with van der Waals surface area (Å²) in [5.74, 6) is 0.510. The second kappa shape index (κ2) is 6.86. The highest BCUT2D eigenvalue weighted by Crippen LogP contribution is 2.23. The molecule has 5 nitrogen and oxygen atoms in total. The summed E-state index contributed by atoms with van der Waals surface area (Å²) < 4.78 is 5.46. The Kier molecular flexibility index (Phi) is 4.26. The first-order valence-corrected chi connectivity index (χ1v) is 8.75. The van der Waals surface area contributed by atoms with Crippen LogP contribution in [-0.2, 0) is 17.8 Å². The summed E-state index contributed by atoms with van der Waals surface area (Å²) in [7, 11) is 0. The number of oxazole rings is 1. The van der Waals surface area contributed by atoms with Crippen molar-refractivity contribution in [2.24, 2.45) is 0 Å². The van der Waals surface area contributed by atoms with Gasteiger partial charge in [-0.3, -0.25) is 9.78 Å². The van der Waals surface area contributed by atoms with E-state index in [1.165, 1.54) is 0 Å². The van der Waals surface area contributed by atoms with Crippen molar-refractivity contribution in [2.75, 3.05) is 0 Å². The second-order valence-electron chi connectivity index (χ2n) is 5.57. The van der Waals surface area contributed by atoms with Crippen LogP contribution in [-0.4, -0.2) is 15.9 Å². The number of rotatable bonds is 5. The fraction of sp³-hybridized carbons (Fsp3) is 0.105. The molecule has 0 fully saturated rings. The van der Waals surface area contributed by atoms with Gasteiger partial charge in [0.25, 0.3) is 0 Å². The molecule has 0 saturated heterocycles. The van der Waals surface area contributed by atoms with E-state index in [0.29, 0.717) is 18.1 Å². The zero-order chi connectivity index (χ0) is 17.1. The molecule has 25 heavy (non-hydrogen) atoms. The molecular weight excluding hydrogens is 334 g/mol. The number of hydrogen-bond acceptors (Lipinski definition) is 5. The van der Waals surface area contributed by atoms with Crippen LogP contribution in [0.25, 0.3) is 21.7 Å². The minimum atomic E-state index is -0.0705. The van der Waals surface area contributed by atoms with Crippen molar-refractivity contribution in [1.29, 1.82) is 0 Å². The first-order chi connectivity index (χ1) is 12.3. The molecule has 3 heterocycles. The zero-order valence-electron chi connectivity index (χ0n) is 13.3. The first-order valence-electron chi connectivity index (χ1n) is 7.87. The van der Waals surface area contributed by atoms with E-state index in [-0.39, 0.29) is 12.3 Å². The maximum atomic E-state index is 12.3. The van der Waals surface area contributed by atoms with E-state index in [1.807, 2.05) is 47.8 Å². The quantitative estimate of drug-likeness (QED) is 0.595. The molecule has 0 aliphatic rings. The zero-order valence-corrected chi connectivity index (χ0v) is 14.1. The number of thiophene rings is 1. The van der Waals surface area contributed by atoms with E-state index in [9.17, 15) is 4.79 Å². The molecule has 4 aromatic rings. The Morgan fingerprint density at radius 3 is 2.96 bits per heavy atom. The third-order valence-electron chi connectivity index (χ3n) is 3.82. The number of carbonyl (C=O) groups excluding carboxylic acids is 1. The van der Waals surface area contributed by atoms with Crippen molar-refractivity contribution < 1.29 is 9.21 Å². The van der Waals surface area contributed by atoms with Crippen molar-refractivity contribution in [1.82, 2.24) is 15.3 Å². The van der Waals surface area contributed by atoms with Crippen LogP contribution >= 0.6 is 11.3 Å². The summed E-state index contributed by atoms with van der Waals surface area (Å²) in [5, 5.41) is 5.89. The van der Waals surface area contributed by atoms with Gasteiger partial charge in [-0.15, -0.1) is 11.3 Å². The lowest BCUT2D eigenvalue weighted by Crippen LogP contribution is -2.24. The highest BCUT2D eigenvalue weighted by molar-refractivity contribution is 7.13. The van der Waals surface area contributed by atoms with Crippen molar-refractivity contribution in [3.8, 4) is 10.8 Å². The van der Waals surface area contributed by atoms with E-state index < -0.39 is 0 Å². The molecule has 1 aromatic carbocycles. The molecule has 0 radical (unpaired) electrons. The van der Waals surface area contributed by atoms with Crippen LogP contribution in [0.3, 0.4) is 0 Å². The number of benzene rings is 1. The standard InChI is InChI=1S/C19H15N3O2S/c23-17(10-14-5-1-4-13-6-2-8-20-18(13)14)21-11-15-12-24-19(22-15)16-7-3-9-25-16/h1-9,12H,10-11H2,(H,21,23). The van der Waals surface area contributed by atoms with Crippen molar-refractivity contribution in [3.05, 3.63) is 71.6 Å². The summed E-state index contributed by atoms with van der Waals surface area (Å²) in [6.45, 7) is 0.339. The number of aromatic nitrogens is 2. The minimum absolute atomic E-state index is 0.0705. The normalized spacial score (nSPS) is 10.9. The van der Waals surface area contributed by atoms with E-state index >= 15 is 0 Å². The fourth-order valence-electron chi connectivity index (χ4n) is 2.64. The van der Waals surface area contributed by atoms with E-state index in [0.717, 1.165) is 21.3 Å². The Balaban J connectivity index is 1.41. The van der Waals surface area contributed by atoms with Crippen LogP contribution in [0.1, 0.15) is 11.3 Å². The predicted octanol–water partition coefficient (Wildman–Crippen LogP) is 3.81. The number of nitrogens with zero attached hydrogens (tertiary/aromatic N) is 2. The van der Waals surface area contributed by atoms with Gasteiger partial charge in [-0.1, -0.05) is 30.3 Å². The summed E-state index contributed by atoms with van der Waals surface area (Å²) in [6.07, 6.45) is 3.60. The third kappa shape index (κ3) is 3.44. The topological polar surface area (TPSA) is 68.0 Å². The van der Waals surface area contributed by atoms with Gasteiger partial charge in [0.2, 0.25) is 11.8 Å². The molecule has 0 bridgehead atoms. The minimum Gasteiger partial charge on any atom is -0.443 e. The average Bonchev–Trinajstić information content (AvgIpc) is 3.32. The number of amides is 1. The van der Waals surface area contributed by atoms with Crippen LogP contribution in [0.15, 0.2) is 64.7 Å². The largest absolute Gasteiger partial charge is 0.443 e. The van der Waals surface area contributed by atoms with E-state index in [2.05, 4.69) is 15.3 Å². The number of nitrogens with one attached hydrogen (secondary N) is 1. The van der Waals surface area contributed by atoms with Crippen LogP contribution in [0, 0.1) is 0 Å². The van der Waals surface area contributed by atoms with E-state index in [4.69, 9.17) is 4.42 Å². The Morgan fingerprint density at radius 2 is 2.08 bits per heavy atom. The molecule has 0 saturated carbocycles. The van der Waals surface area contributed by atoms with Gasteiger partial charge in [-0.25, -0.2) is 4.98 Å². The molecule has 0 atom stereocenters. The first kappa shape index (κ1) is 15.5. The Bertz CT molecular complexity index is 1000. The number of para-hydroxylation sites is 1. The monoisotopic (exact) mass is 349 g/mol. The van der Waals surface area contributed by atoms with Crippen LogP contribution in [0.2, 0.25) is 0 Å². The maximum Gasteiger partial charge on any atom is 0.236 e. The lowest BCUT2D eigenvalue weighted by molar-refractivity contribution is -0.120. The van der Waals surface area contributed by atoms with Crippen molar-refractivity contribution in [3.63, 3.8) is 0 Å². The number of hydrogen-bond donors (Lipinski definition) is 1. The summed E-state index contributed by atoms with van der Waals surface area (Å²) in [4.78, 5) is 22.0. The van der Waals surface area contributed by atoms with Gasteiger partial charge in [0.15, 0.2) is 0 Å². The van der Waals surface area contributed by atoms with Gasteiger partial charge in [-0.05, 0) is 23.1 Å². The molecule has 0 aliphatic carbocycles. The van der Waals surface area contributed by atoms with Crippen molar-refractivity contribution in [2.45, 2.75) is 13.0 Å². The van der Waals surface area contributed by atoms with E-state index in [1.54, 1.807) is 23.8 Å². The lowest BCUT2D eigenvalue weighted by atomic mass is 10.1. The predicted molar refractivity (Wildman–Crippen MR) is 97.1 cm³/mol. The van der Waals surface area contributed by atoms with Gasteiger partial charge in [0.05, 0.1) is 29.1 Å². The molecule has 4 rings (SSSR count). The Hall–Kier alpha value is -2.99. The number of carbonyl (C=O) groups is 1. The van der Waals surface area contributed by atoms with Gasteiger partial charge in [0.1, 0.15) is 6.26 Å². The maximum absolute atomic E-state index is 12.3. The summed E-state index contributed by atoms with van der Waals surface area (Å²) in [5.41, 5.74) is 2.48. The Labute approximate surface area is 148 Å². The van der Waals surface area contributed by atoms with Gasteiger partial charge in [-0.2, -0.15) is 0 Å². The highest BCUT2D eigenvalue weighted by Gasteiger charge is 2.10. The molecule has 0 unspecified atom stereocenters. The fourth-order valence-corrected chi connectivity index (χ4v) is 3.29. The van der Waals surface area contributed by atoms with Crippen molar-refractivity contribution >= 4 is 28.1 Å². The SMILES string of the molecule is O=C(Cc1cccc2cccnc12)NCc1coc(-c2cccs2)n1. The lowest BCUT2D eigenvalue weighted by Gasteiger charge is -2.06. The number of fused-ring (bicyclic) bond motifs is 1. The van der Waals surface area contributed by atoms with Gasteiger partial charge >= 0.3 is 0 Å². The smallest absolute Gasteiger partial charge is 0.236 e. The molecule has 1 N–H and O–H groups in total. The molecule has 0 aliphatic heterocycles. The molecule has 3 aromatic heterocycles. The summed E-state index contributed by atoms with van der Waals surface area (Å²) in [6, 6.07) is 13.6. The van der Waals surface area contributed by atoms with Crippen LogP contribution < -0.4 is 5.32 Å². The molecule has 6 heteroatoms. The third-order valence-corrected chi connectivity index (χ3v) is 4.68. The molecule has 1 amide bonds. The molecule has 0 spiro atoms.